The van der Waals surface area contributed by atoms with E-state index < -0.39 is 6.10 Å². The molecule has 1 aromatic rings. The lowest BCUT2D eigenvalue weighted by Gasteiger charge is -2.06. The van der Waals surface area contributed by atoms with Gasteiger partial charge in [-0.2, -0.15) is 0 Å². The molecule has 1 aromatic heterocycles. The molecule has 0 bridgehead atoms. The van der Waals surface area contributed by atoms with Gasteiger partial charge < -0.3 is 10.6 Å². The smallest absolute Gasteiger partial charge is 0.228 e. The number of nitrogen functional groups attached to an aromatic ring is 1. The van der Waals surface area contributed by atoms with E-state index in [1.165, 1.54) is 18.0 Å². The maximum Gasteiger partial charge on any atom is 0.228 e. The van der Waals surface area contributed by atoms with Gasteiger partial charge in [0, 0.05) is 7.11 Å². The number of hydrogen-bond donors (Lipinski definition) is 1. The summed E-state index contributed by atoms with van der Waals surface area (Å²) >= 11 is 3.12. The summed E-state index contributed by atoms with van der Waals surface area (Å²) in [6, 6.07) is 0. The molecule has 0 radical (unpaired) electrons. The highest BCUT2D eigenvalue weighted by Gasteiger charge is 2.19. The minimum absolute atomic E-state index is 0.182. The Bertz CT molecular complexity index is 324. The van der Waals surface area contributed by atoms with Crippen molar-refractivity contribution >= 4 is 21.7 Å². The van der Waals surface area contributed by atoms with Crippen LogP contribution in [0.25, 0.3) is 0 Å². The quantitative estimate of drug-likeness (QED) is 0.627. The zero-order valence-electron chi connectivity index (χ0n) is 7.32. The Hall–Kier alpha value is -0.880. The number of ketones is 1. The van der Waals surface area contributed by atoms with Crippen molar-refractivity contribution in [1.29, 1.82) is 0 Å². The predicted octanol–water partition coefficient (Wildman–Crippen LogP) is 0.577. The van der Waals surface area contributed by atoms with Crippen molar-refractivity contribution in [3.8, 4) is 0 Å². The highest BCUT2D eigenvalue weighted by Crippen LogP contribution is 2.09. The Kier molecular flexibility index (Phi) is 3.05. The van der Waals surface area contributed by atoms with E-state index in [4.69, 9.17) is 10.6 Å². The van der Waals surface area contributed by atoms with Gasteiger partial charge in [-0.3, -0.25) is 4.79 Å². The Morgan fingerprint density at radius 2 is 2.46 bits per heavy atom. The minimum Gasteiger partial charge on any atom is -0.373 e. The Morgan fingerprint density at radius 1 is 1.85 bits per heavy atom. The first-order chi connectivity index (χ1) is 6.06. The number of imidazole rings is 1. The maximum atomic E-state index is 11.5. The Balaban J connectivity index is 2.94. The van der Waals surface area contributed by atoms with E-state index in [1.807, 2.05) is 0 Å². The molecular weight excluding hydrogens is 238 g/mol. The van der Waals surface area contributed by atoms with Crippen LogP contribution in [-0.2, 0) is 4.74 Å². The summed E-state index contributed by atoms with van der Waals surface area (Å²) in [5.74, 6) is 5.42. The highest BCUT2D eigenvalue weighted by molar-refractivity contribution is 9.10. The standard InChI is InChI=1S/C7H10BrN3O2/c1-4(13-2)6(12)7-10-5(8)3-11(7)9/h3-4H,9H2,1-2H3. The van der Waals surface area contributed by atoms with E-state index in [2.05, 4.69) is 20.9 Å². The summed E-state index contributed by atoms with van der Waals surface area (Å²) in [6.45, 7) is 1.64. The molecule has 6 heteroatoms. The van der Waals surface area contributed by atoms with Crippen LogP contribution in [0.15, 0.2) is 10.8 Å². The fraction of sp³-hybridized carbons (Fsp3) is 0.429. The van der Waals surface area contributed by atoms with Crippen molar-refractivity contribution in [2.45, 2.75) is 13.0 Å². The third-order valence-electron chi connectivity index (χ3n) is 1.65. The molecule has 0 saturated heterocycles. The molecule has 1 unspecified atom stereocenters. The first-order valence-electron chi connectivity index (χ1n) is 3.63. The van der Waals surface area contributed by atoms with Crippen LogP contribution in [0.3, 0.4) is 0 Å². The van der Waals surface area contributed by atoms with E-state index in [0.29, 0.717) is 4.60 Å². The van der Waals surface area contributed by atoms with Gasteiger partial charge in [0.1, 0.15) is 10.7 Å². The first kappa shape index (κ1) is 10.2. The monoisotopic (exact) mass is 247 g/mol. The van der Waals surface area contributed by atoms with Gasteiger partial charge in [-0.15, -0.1) is 0 Å². The molecule has 72 valence electrons. The molecule has 5 nitrogen and oxygen atoms in total. The topological polar surface area (TPSA) is 70.1 Å². The number of nitrogens with zero attached hydrogens (tertiary/aromatic N) is 2. The molecule has 0 aliphatic rings. The number of methoxy groups -OCH3 is 1. The van der Waals surface area contributed by atoms with E-state index >= 15 is 0 Å². The van der Waals surface area contributed by atoms with E-state index in [0.717, 1.165) is 0 Å². The summed E-state index contributed by atoms with van der Waals surface area (Å²) in [5, 5.41) is 0. The molecule has 0 aliphatic heterocycles. The van der Waals surface area contributed by atoms with Crippen LogP contribution in [0.4, 0.5) is 0 Å². The zero-order chi connectivity index (χ0) is 10.0. The molecular formula is C7H10BrN3O2. The number of carbonyl (C=O) groups excluding carboxylic acids is 1. The number of hydrogen-bond acceptors (Lipinski definition) is 4. The molecule has 13 heavy (non-hydrogen) atoms. The summed E-state index contributed by atoms with van der Waals surface area (Å²) < 4.78 is 6.55. The van der Waals surface area contributed by atoms with Crippen LogP contribution in [0.1, 0.15) is 17.5 Å². The third kappa shape index (κ3) is 2.07. The minimum atomic E-state index is -0.531. The number of ether oxygens (including phenoxy) is 1. The maximum absolute atomic E-state index is 11.5. The predicted molar refractivity (Wildman–Crippen MR) is 50.9 cm³/mol. The number of nitrogens with two attached hydrogens (primary N) is 1. The van der Waals surface area contributed by atoms with Crippen molar-refractivity contribution in [3.05, 3.63) is 16.6 Å². The average Bonchev–Trinajstić information content (AvgIpc) is 2.42. The second kappa shape index (κ2) is 3.89. The average molecular weight is 248 g/mol. The van der Waals surface area contributed by atoms with Gasteiger partial charge in [0.2, 0.25) is 5.78 Å². The fourth-order valence-corrected chi connectivity index (χ4v) is 1.22. The largest absolute Gasteiger partial charge is 0.373 e. The molecule has 1 heterocycles. The summed E-state index contributed by atoms with van der Waals surface area (Å²) in [5.41, 5.74) is 0. The molecule has 1 rings (SSSR count). The molecule has 0 fully saturated rings. The van der Waals surface area contributed by atoms with Gasteiger partial charge >= 0.3 is 0 Å². The summed E-state index contributed by atoms with van der Waals surface area (Å²) in [6.07, 6.45) is 0.979. The van der Waals surface area contributed by atoms with Gasteiger partial charge in [0.05, 0.1) is 6.20 Å². The van der Waals surface area contributed by atoms with Crippen LogP contribution in [0.2, 0.25) is 0 Å². The Labute approximate surface area is 84.0 Å². The zero-order valence-corrected chi connectivity index (χ0v) is 8.91. The molecule has 2 N–H and O–H groups in total. The number of rotatable bonds is 3. The van der Waals surface area contributed by atoms with Crippen LogP contribution < -0.4 is 5.84 Å². The van der Waals surface area contributed by atoms with Crippen molar-refractivity contribution in [2.24, 2.45) is 0 Å². The molecule has 1 atom stereocenters. The van der Waals surface area contributed by atoms with Crippen LogP contribution in [0.5, 0.6) is 0 Å². The molecule has 0 spiro atoms. The lowest BCUT2D eigenvalue weighted by molar-refractivity contribution is 0.0642. The van der Waals surface area contributed by atoms with Gasteiger partial charge in [0.15, 0.2) is 5.82 Å². The van der Waals surface area contributed by atoms with Crippen molar-refractivity contribution < 1.29 is 9.53 Å². The Morgan fingerprint density at radius 3 is 2.85 bits per heavy atom. The lowest BCUT2D eigenvalue weighted by atomic mass is 10.2. The van der Waals surface area contributed by atoms with Gasteiger partial charge in [-0.1, -0.05) is 0 Å². The highest BCUT2D eigenvalue weighted by atomic mass is 79.9. The van der Waals surface area contributed by atoms with Crippen LogP contribution in [0, 0.1) is 0 Å². The van der Waals surface area contributed by atoms with Crippen molar-refractivity contribution in [1.82, 2.24) is 9.66 Å². The summed E-state index contributed by atoms with van der Waals surface area (Å²) in [4.78, 5) is 15.4. The fourth-order valence-electron chi connectivity index (χ4n) is 0.835. The second-order valence-electron chi connectivity index (χ2n) is 2.54. The number of Topliss-reactive ketones (excluding diaryl/α,β-unsaturated/α-hetero) is 1. The van der Waals surface area contributed by atoms with Gasteiger partial charge in [-0.25, -0.2) is 9.66 Å². The summed E-state index contributed by atoms with van der Waals surface area (Å²) in [7, 11) is 1.46. The van der Waals surface area contributed by atoms with Gasteiger partial charge in [0.25, 0.3) is 0 Å². The second-order valence-corrected chi connectivity index (χ2v) is 3.35. The van der Waals surface area contributed by atoms with Crippen molar-refractivity contribution in [2.75, 3.05) is 13.0 Å². The third-order valence-corrected chi connectivity index (χ3v) is 2.03. The number of aromatic nitrogens is 2. The number of halogens is 1. The van der Waals surface area contributed by atoms with Crippen LogP contribution >= 0.6 is 15.9 Å². The van der Waals surface area contributed by atoms with Crippen molar-refractivity contribution in [3.63, 3.8) is 0 Å². The lowest BCUT2D eigenvalue weighted by Crippen LogP contribution is -2.25. The molecule has 0 aliphatic carbocycles. The van der Waals surface area contributed by atoms with E-state index in [1.54, 1.807) is 6.92 Å². The first-order valence-corrected chi connectivity index (χ1v) is 4.42. The SMILES string of the molecule is COC(C)C(=O)c1nc(Br)cn1N. The normalized spacial score (nSPS) is 12.8. The van der Waals surface area contributed by atoms with Gasteiger partial charge in [-0.05, 0) is 22.9 Å². The van der Waals surface area contributed by atoms with Crippen LogP contribution in [-0.4, -0.2) is 28.7 Å². The van der Waals surface area contributed by atoms with E-state index in [-0.39, 0.29) is 11.6 Å². The molecule has 0 amide bonds. The number of carbonyl (C=O) groups is 1. The molecule has 0 saturated carbocycles. The molecule has 0 aromatic carbocycles. The van der Waals surface area contributed by atoms with E-state index in [9.17, 15) is 4.79 Å².